The van der Waals surface area contributed by atoms with Crippen LogP contribution in [0, 0.1) is 0 Å². The van der Waals surface area contributed by atoms with Crippen LogP contribution in [0.5, 0.6) is 0 Å². The van der Waals surface area contributed by atoms with Crippen LogP contribution in [0.25, 0.3) is 0 Å². The molecule has 0 spiro atoms. The molecule has 3 aromatic rings. The number of hydrogen-bond donors (Lipinski definition) is 3. The predicted octanol–water partition coefficient (Wildman–Crippen LogP) is 3.22. The van der Waals surface area contributed by atoms with Crippen molar-refractivity contribution >= 4 is 33.2 Å². The lowest BCUT2D eigenvalue weighted by molar-refractivity contribution is 0.0950. The van der Waals surface area contributed by atoms with Gasteiger partial charge in [0.1, 0.15) is 0 Å². The Morgan fingerprint density at radius 1 is 0.933 bits per heavy atom. The van der Waals surface area contributed by atoms with Gasteiger partial charge in [-0.2, -0.15) is 0 Å². The van der Waals surface area contributed by atoms with E-state index in [-0.39, 0.29) is 29.9 Å². The molecule has 1 heterocycles. The largest absolute Gasteiger partial charge is 0.459 e. The topological polar surface area (TPSA) is 118 Å². The van der Waals surface area contributed by atoms with E-state index in [1.165, 1.54) is 19.3 Å². The van der Waals surface area contributed by atoms with Gasteiger partial charge >= 0.3 is 0 Å². The van der Waals surface area contributed by atoms with Crippen LogP contribution in [0.4, 0.5) is 11.4 Å². The van der Waals surface area contributed by atoms with Crippen LogP contribution in [-0.2, 0) is 16.6 Å². The maximum atomic E-state index is 12.4. The van der Waals surface area contributed by atoms with Gasteiger partial charge in [0.25, 0.3) is 11.8 Å². The van der Waals surface area contributed by atoms with Crippen molar-refractivity contribution in [2.75, 3.05) is 15.8 Å². The van der Waals surface area contributed by atoms with Crippen LogP contribution in [0.2, 0.25) is 0 Å². The maximum Gasteiger partial charge on any atom is 0.291 e. The van der Waals surface area contributed by atoms with Crippen LogP contribution in [0.1, 0.15) is 33.4 Å². The number of furan rings is 1. The molecule has 3 N–H and O–H groups in total. The molecule has 8 nitrogen and oxygen atoms in total. The Morgan fingerprint density at radius 2 is 1.70 bits per heavy atom. The Kier molecular flexibility index (Phi) is 6.53. The average molecular weight is 427 g/mol. The third-order valence-corrected chi connectivity index (χ3v) is 5.49. The van der Waals surface area contributed by atoms with E-state index in [0.29, 0.717) is 16.9 Å². The Bertz CT molecular complexity index is 1120. The zero-order valence-corrected chi connectivity index (χ0v) is 17.0. The van der Waals surface area contributed by atoms with Crippen molar-refractivity contribution in [3.8, 4) is 0 Å². The summed E-state index contributed by atoms with van der Waals surface area (Å²) in [4.78, 5) is 24.4. The molecular weight excluding hydrogens is 406 g/mol. The van der Waals surface area contributed by atoms with Crippen molar-refractivity contribution in [3.63, 3.8) is 0 Å². The summed E-state index contributed by atoms with van der Waals surface area (Å²) in [5.41, 5.74) is 2.11. The lowest BCUT2D eigenvalue weighted by Crippen LogP contribution is -2.23. The Hall–Kier alpha value is -3.59. The highest BCUT2D eigenvalue weighted by Crippen LogP contribution is 2.14. The van der Waals surface area contributed by atoms with Gasteiger partial charge in [0.05, 0.1) is 12.0 Å². The third-order valence-electron chi connectivity index (χ3n) is 4.19. The SMILES string of the molecule is CCS(=O)(=O)Nc1cccc(C(=O)NCc2ccc(NC(=O)c3ccco3)cc2)c1. The van der Waals surface area contributed by atoms with E-state index in [9.17, 15) is 18.0 Å². The zero-order chi connectivity index (χ0) is 21.6. The molecule has 30 heavy (non-hydrogen) atoms. The molecule has 156 valence electrons. The first-order chi connectivity index (χ1) is 14.4. The molecule has 0 saturated carbocycles. The molecule has 0 aliphatic rings. The second kappa shape index (κ2) is 9.27. The van der Waals surface area contributed by atoms with Crippen molar-refractivity contribution < 1.29 is 22.4 Å². The van der Waals surface area contributed by atoms with Gasteiger partial charge < -0.3 is 15.1 Å². The van der Waals surface area contributed by atoms with E-state index in [1.807, 2.05) is 0 Å². The van der Waals surface area contributed by atoms with Crippen molar-refractivity contribution in [2.45, 2.75) is 13.5 Å². The molecule has 0 fully saturated rings. The summed E-state index contributed by atoms with van der Waals surface area (Å²) in [6.07, 6.45) is 1.43. The fraction of sp³-hybridized carbons (Fsp3) is 0.143. The van der Waals surface area contributed by atoms with E-state index >= 15 is 0 Å². The zero-order valence-electron chi connectivity index (χ0n) is 16.2. The average Bonchev–Trinajstić information content (AvgIpc) is 3.28. The lowest BCUT2D eigenvalue weighted by atomic mass is 10.1. The van der Waals surface area contributed by atoms with E-state index in [2.05, 4.69) is 15.4 Å². The van der Waals surface area contributed by atoms with Gasteiger partial charge in [-0.05, 0) is 55.0 Å². The fourth-order valence-electron chi connectivity index (χ4n) is 2.57. The number of sulfonamides is 1. The van der Waals surface area contributed by atoms with E-state index < -0.39 is 10.0 Å². The van der Waals surface area contributed by atoms with Gasteiger partial charge in [0.15, 0.2) is 5.76 Å². The normalized spacial score (nSPS) is 11.0. The summed E-state index contributed by atoms with van der Waals surface area (Å²) >= 11 is 0. The number of nitrogens with one attached hydrogen (secondary N) is 3. The molecule has 0 saturated heterocycles. The Balaban J connectivity index is 1.56. The first kappa shape index (κ1) is 21.1. The third kappa shape index (κ3) is 5.71. The quantitative estimate of drug-likeness (QED) is 0.510. The predicted molar refractivity (Wildman–Crippen MR) is 114 cm³/mol. The molecule has 2 aromatic carbocycles. The first-order valence-electron chi connectivity index (χ1n) is 9.19. The first-order valence-corrected chi connectivity index (χ1v) is 10.8. The van der Waals surface area contributed by atoms with E-state index in [1.54, 1.807) is 54.6 Å². The maximum absolute atomic E-state index is 12.4. The molecule has 0 unspecified atom stereocenters. The highest BCUT2D eigenvalue weighted by atomic mass is 32.2. The highest BCUT2D eigenvalue weighted by molar-refractivity contribution is 7.92. The molecule has 0 bridgehead atoms. The number of benzene rings is 2. The number of carbonyl (C=O) groups excluding carboxylic acids is 2. The molecule has 0 atom stereocenters. The minimum atomic E-state index is -3.42. The van der Waals surface area contributed by atoms with Crippen LogP contribution in [0.3, 0.4) is 0 Å². The molecule has 2 amide bonds. The minimum absolute atomic E-state index is 0.0542. The van der Waals surface area contributed by atoms with Gasteiger partial charge in [-0.15, -0.1) is 0 Å². The molecule has 0 radical (unpaired) electrons. The number of amides is 2. The summed E-state index contributed by atoms with van der Waals surface area (Å²) < 4.78 is 30.8. The fourth-order valence-corrected chi connectivity index (χ4v) is 3.20. The lowest BCUT2D eigenvalue weighted by Gasteiger charge is -2.09. The van der Waals surface area contributed by atoms with E-state index in [4.69, 9.17) is 4.42 Å². The van der Waals surface area contributed by atoms with Gasteiger partial charge in [-0.1, -0.05) is 18.2 Å². The van der Waals surface area contributed by atoms with Crippen molar-refractivity contribution in [2.24, 2.45) is 0 Å². The van der Waals surface area contributed by atoms with Gasteiger partial charge in [-0.25, -0.2) is 8.42 Å². The number of carbonyl (C=O) groups is 2. The van der Waals surface area contributed by atoms with Gasteiger partial charge in [0, 0.05) is 23.5 Å². The van der Waals surface area contributed by atoms with Gasteiger partial charge in [0.2, 0.25) is 10.0 Å². The number of rotatable bonds is 8. The molecule has 3 rings (SSSR count). The van der Waals surface area contributed by atoms with E-state index in [0.717, 1.165) is 5.56 Å². The van der Waals surface area contributed by atoms with Crippen molar-refractivity contribution in [3.05, 3.63) is 83.8 Å². The van der Waals surface area contributed by atoms with Gasteiger partial charge in [-0.3, -0.25) is 14.3 Å². The molecular formula is C21H21N3O5S. The summed E-state index contributed by atoms with van der Waals surface area (Å²) in [6, 6.07) is 16.5. The summed E-state index contributed by atoms with van der Waals surface area (Å²) in [5, 5.41) is 5.50. The molecule has 0 aliphatic heterocycles. The monoisotopic (exact) mass is 427 g/mol. The molecule has 1 aromatic heterocycles. The van der Waals surface area contributed by atoms with Crippen molar-refractivity contribution in [1.82, 2.24) is 5.32 Å². The number of anilines is 2. The minimum Gasteiger partial charge on any atom is -0.459 e. The van der Waals surface area contributed by atoms with Crippen LogP contribution in [-0.4, -0.2) is 26.0 Å². The standard InChI is InChI=1S/C21H21N3O5S/c1-2-30(27,28)24-18-6-3-5-16(13-18)20(25)22-14-15-8-10-17(11-9-15)23-21(26)19-7-4-12-29-19/h3-13,24H,2,14H2,1H3,(H,22,25)(H,23,26). The van der Waals surface area contributed by atoms with Crippen LogP contribution in [0.15, 0.2) is 71.3 Å². The molecule has 0 aliphatic carbocycles. The summed E-state index contributed by atoms with van der Waals surface area (Å²) in [5.74, 6) is -0.515. The molecule has 9 heteroatoms. The summed E-state index contributed by atoms with van der Waals surface area (Å²) in [6.45, 7) is 1.81. The Labute approximate surface area is 174 Å². The Morgan fingerprint density at radius 3 is 2.37 bits per heavy atom. The number of hydrogen-bond acceptors (Lipinski definition) is 5. The van der Waals surface area contributed by atoms with Crippen LogP contribution < -0.4 is 15.4 Å². The smallest absolute Gasteiger partial charge is 0.291 e. The van der Waals surface area contributed by atoms with Crippen molar-refractivity contribution in [1.29, 1.82) is 0 Å². The second-order valence-corrected chi connectivity index (χ2v) is 8.41. The summed E-state index contributed by atoms with van der Waals surface area (Å²) in [7, 11) is -3.42. The van der Waals surface area contributed by atoms with Crippen LogP contribution >= 0.6 is 0 Å². The second-order valence-electron chi connectivity index (χ2n) is 6.40. The highest BCUT2D eigenvalue weighted by Gasteiger charge is 2.11.